The number of aromatic nitrogens is 2. The number of morpholine rings is 1. The summed E-state index contributed by atoms with van der Waals surface area (Å²) in [4.78, 5) is 15.1. The Bertz CT molecular complexity index is 1290. The quantitative estimate of drug-likeness (QED) is 0.232. The Kier molecular flexibility index (Phi) is 9.68. The molecule has 1 aliphatic rings. The Morgan fingerprint density at radius 2 is 2.00 bits per heavy atom. The van der Waals surface area contributed by atoms with Crippen molar-refractivity contribution in [3.05, 3.63) is 71.4 Å². The van der Waals surface area contributed by atoms with Gasteiger partial charge in [0.25, 0.3) is 5.91 Å². The zero-order valence-corrected chi connectivity index (χ0v) is 22.2. The number of hydrogen-bond acceptors (Lipinski definition) is 6. The SMILES string of the molecule is CCCCOc1ccc(-c2nn(-c3ccccc3)cc2/C=C(\C#N)C(=O)NCCN2CCOCC2)c(C)c1. The van der Waals surface area contributed by atoms with Gasteiger partial charge in [0.05, 0.1) is 25.5 Å². The van der Waals surface area contributed by atoms with Gasteiger partial charge in [-0.1, -0.05) is 31.5 Å². The monoisotopic (exact) mass is 513 g/mol. The molecule has 0 aliphatic carbocycles. The van der Waals surface area contributed by atoms with E-state index in [1.165, 1.54) is 0 Å². The molecule has 2 aromatic carbocycles. The molecule has 4 rings (SSSR count). The summed E-state index contributed by atoms with van der Waals surface area (Å²) in [5.41, 5.74) is 4.23. The Labute approximate surface area is 224 Å². The van der Waals surface area contributed by atoms with Crippen molar-refractivity contribution in [1.29, 1.82) is 5.26 Å². The highest BCUT2D eigenvalue weighted by molar-refractivity contribution is 6.02. The van der Waals surface area contributed by atoms with Crippen molar-refractivity contribution in [2.45, 2.75) is 26.7 Å². The van der Waals surface area contributed by atoms with Crippen LogP contribution in [0.2, 0.25) is 0 Å². The highest BCUT2D eigenvalue weighted by atomic mass is 16.5. The first-order valence-corrected chi connectivity index (χ1v) is 13.2. The lowest BCUT2D eigenvalue weighted by Crippen LogP contribution is -2.41. The summed E-state index contributed by atoms with van der Waals surface area (Å²) in [6.45, 7) is 9.12. The Morgan fingerprint density at radius 3 is 2.71 bits per heavy atom. The third kappa shape index (κ3) is 7.09. The third-order valence-electron chi connectivity index (χ3n) is 6.47. The normalized spacial score (nSPS) is 14.2. The van der Waals surface area contributed by atoms with Gasteiger partial charge in [0.1, 0.15) is 23.1 Å². The maximum atomic E-state index is 12.9. The molecule has 8 nitrogen and oxygen atoms in total. The largest absolute Gasteiger partial charge is 0.494 e. The Morgan fingerprint density at radius 1 is 1.21 bits per heavy atom. The van der Waals surface area contributed by atoms with E-state index in [-0.39, 0.29) is 5.57 Å². The molecule has 38 heavy (non-hydrogen) atoms. The number of para-hydroxylation sites is 1. The number of aryl methyl sites for hydroxylation is 1. The van der Waals surface area contributed by atoms with Crippen LogP contribution in [0.4, 0.5) is 0 Å². The molecule has 198 valence electrons. The van der Waals surface area contributed by atoms with E-state index < -0.39 is 5.91 Å². The molecule has 8 heteroatoms. The van der Waals surface area contributed by atoms with Crippen molar-refractivity contribution in [1.82, 2.24) is 20.0 Å². The highest BCUT2D eigenvalue weighted by Crippen LogP contribution is 2.31. The second-order valence-electron chi connectivity index (χ2n) is 9.27. The minimum Gasteiger partial charge on any atom is -0.494 e. The van der Waals surface area contributed by atoms with E-state index in [0.717, 1.165) is 55.0 Å². The van der Waals surface area contributed by atoms with Gasteiger partial charge >= 0.3 is 0 Å². The summed E-state index contributed by atoms with van der Waals surface area (Å²) in [5, 5.41) is 17.6. The molecular formula is C30H35N5O3. The standard InChI is InChI=1S/C30H35N5O3/c1-3-4-16-38-27-10-11-28(23(2)19-27)29-25(22-35(33-29)26-8-6-5-7-9-26)20-24(21-31)30(36)32-12-13-34-14-17-37-18-15-34/h5-11,19-20,22H,3-4,12-18H2,1-2H3,(H,32,36)/b24-20+. The first-order valence-electron chi connectivity index (χ1n) is 13.2. The van der Waals surface area contributed by atoms with E-state index in [1.54, 1.807) is 10.8 Å². The summed E-state index contributed by atoms with van der Waals surface area (Å²) >= 11 is 0. The van der Waals surface area contributed by atoms with Crippen LogP contribution in [-0.2, 0) is 9.53 Å². The molecule has 1 N–H and O–H groups in total. The molecule has 1 aromatic heterocycles. The number of benzene rings is 2. The van der Waals surface area contributed by atoms with Gasteiger partial charge in [-0.05, 0) is 55.3 Å². The molecule has 1 amide bonds. The summed E-state index contributed by atoms with van der Waals surface area (Å²) in [7, 11) is 0. The molecule has 0 radical (unpaired) electrons. The van der Waals surface area contributed by atoms with E-state index >= 15 is 0 Å². The van der Waals surface area contributed by atoms with Crippen LogP contribution >= 0.6 is 0 Å². The number of carbonyl (C=O) groups is 1. The highest BCUT2D eigenvalue weighted by Gasteiger charge is 2.17. The summed E-state index contributed by atoms with van der Waals surface area (Å²) in [6.07, 6.45) is 5.55. The number of unbranched alkanes of at least 4 members (excludes halogenated alkanes) is 1. The fourth-order valence-electron chi connectivity index (χ4n) is 4.29. The number of carbonyl (C=O) groups excluding carboxylic acids is 1. The second-order valence-corrected chi connectivity index (χ2v) is 9.27. The summed E-state index contributed by atoms with van der Waals surface area (Å²) in [6, 6.07) is 17.8. The number of ether oxygens (including phenoxy) is 2. The topological polar surface area (TPSA) is 92.4 Å². The molecule has 0 saturated carbocycles. The van der Waals surface area contributed by atoms with Crippen LogP contribution in [0.3, 0.4) is 0 Å². The van der Waals surface area contributed by atoms with Crippen molar-refractivity contribution in [2.24, 2.45) is 0 Å². The van der Waals surface area contributed by atoms with Crippen molar-refractivity contribution < 1.29 is 14.3 Å². The molecular weight excluding hydrogens is 478 g/mol. The van der Waals surface area contributed by atoms with Gasteiger partial charge in [-0.15, -0.1) is 0 Å². The zero-order valence-electron chi connectivity index (χ0n) is 22.2. The smallest absolute Gasteiger partial charge is 0.262 e. The predicted octanol–water partition coefficient (Wildman–Crippen LogP) is 4.38. The molecule has 1 saturated heterocycles. The van der Waals surface area contributed by atoms with Gasteiger partial charge in [0.15, 0.2) is 0 Å². The second kappa shape index (κ2) is 13.6. The van der Waals surface area contributed by atoms with Gasteiger partial charge < -0.3 is 14.8 Å². The maximum Gasteiger partial charge on any atom is 0.262 e. The lowest BCUT2D eigenvalue weighted by molar-refractivity contribution is -0.117. The minimum absolute atomic E-state index is 0.0398. The molecule has 2 heterocycles. The van der Waals surface area contributed by atoms with E-state index in [2.05, 4.69) is 23.2 Å². The van der Waals surface area contributed by atoms with Crippen LogP contribution in [0.25, 0.3) is 23.0 Å². The number of hydrogen-bond donors (Lipinski definition) is 1. The van der Waals surface area contributed by atoms with E-state index in [9.17, 15) is 10.1 Å². The van der Waals surface area contributed by atoms with Crippen LogP contribution in [0, 0.1) is 18.3 Å². The van der Waals surface area contributed by atoms with Crippen LogP contribution in [0.5, 0.6) is 5.75 Å². The first kappa shape index (κ1) is 27.1. The first-order chi connectivity index (χ1) is 18.6. The van der Waals surface area contributed by atoms with Crippen LogP contribution in [-0.4, -0.2) is 66.6 Å². The van der Waals surface area contributed by atoms with Gasteiger partial charge in [0.2, 0.25) is 0 Å². The van der Waals surface area contributed by atoms with Crippen molar-refractivity contribution >= 4 is 12.0 Å². The van der Waals surface area contributed by atoms with E-state index in [4.69, 9.17) is 14.6 Å². The van der Waals surface area contributed by atoms with Crippen molar-refractivity contribution in [3.63, 3.8) is 0 Å². The summed E-state index contributed by atoms with van der Waals surface area (Å²) < 4.78 is 13.0. The van der Waals surface area contributed by atoms with Crippen LogP contribution < -0.4 is 10.1 Å². The maximum absolute atomic E-state index is 12.9. The number of nitriles is 1. The number of rotatable bonds is 11. The zero-order chi connectivity index (χ0) is 26.7. The lowest BCUT2D eigenvalue weighted by atomic mass is 10.0. The van der Waals surface area contributed by atoms with Crippen molar-refractivity contribution in [2.75, 3.05) is 46.0 Å². The number of nitrogens with zero attached hydrogens (tertiary/aromatic N) is 4. The van der Waals surface area contributed by atoms with Crippen LogP contribution in [0.1, 0.15) is 30.9 Å². The fraction of sp³-hybridized carbons (Fsp3) is 0.367. The predicted molar refractivity (Wildman–Crippen MR) is 148 cm³/mol. The van der Waals surface area contributed by atoms with Gasteiger partial charge in [-0.2, -0.15) is 10.4 Å². The molecule has 3 aromatic rings. The van der Waals surface area contributed by atoms with E-state index in [0.29, 0.717) is 37.6 Å². The minimum atomic E-state index is -0.393. The van der Waals surface area contributed by atoms with Gasteiger partial charge in [-0.25, -0.2) is 4.68 Å². The molecule has 1 aliphatic heterocycles. The van der Waals surface area contributed by atoms with Crippen molar-refractivity contribution in [3.8, 4) is 28.8 Å². The molecule has 0 unspecified atom stereocenters. The number of amides is 1. The Hall–Kier alpha value is -3.93. The average molecular weight is 514 g/mol. The molecule has 0 atom stereocenters. The van der Waals surface area contributed by atoms with Gasteiger partial charge in [-0.3, -0.25) is 9.69 Å². The average Bonchev–Trinajstić information content (AvgIpc) is 3.36. The molecule has 1 fully saturated rings. The lowest BCUT2D eigenvalue weighted by Gasteiger charge is -2.26. The fourth-order valence-corrected chi connectivity index (χ4v) is 4.29. The third-order valence-corrected chi connectivity index (χ3v) is 6.47. The van der Waals surface area contributed by atoms with Crippen LogP contribution in [0.15, 0.2) is 60.3 Å². The summed E-state index contributed by atoms with van der Waals surface area (Å²) in [5.74, 6) is 0.423. The molecule has 0 spiro atoms. The number of nitrogens with one attached hydrogen (secondary N) is 1. The Balaban J connectivity index is 1.60. The van der Waals surface area contributed by atoms with E-state index in [1.807, 2.05) is 61.7 Å². The molecule has 0 bridgehead atoms. The van der Waals surface area contributed by atoms with Gasteiger partial charge in [0, 0.05) is 43.5 Å².